The molecule has 0 aromatic heterocycles. The molecule has 6 aromatic rings. The Kier molecular flexibility index (Phi) is 5.99. The highest BCUT2D eigenvalue weighted by molar-refractivity contribution is 6.30. The average Bonchev–Trinajstić information content (AvgIpc) is 2.95. The van der Waals surface area contributed by atoms with Gasteiger partial charge in [0.1, 0.15) is 0 Å². The molecule has 0 unspecified atom stereocenters. The molecule has 2 heteroatoms. The fraction of sp³-hybridized carbons (Fsp3) is 0. The summed E-state index contributed by atoms with van der Waals surface area (Å²) < 4.78 is 0. The highest BCUT2D eigenvalue weighted by atomic mass is 35.5. The van der Waals surface area contributed by atoms with Crippen LogP contribution in [-0.2, 0) is 0 Å². The van der Waals surface area contributed by atoms with Crippen molar-refractivity contribution in [1.82, 2.24) is 0 Å². The van der Waals surface area contributed by atoms with Crippen LogP contribution in [0.25, 0.3) is 33.0 Å². The van der Waals surface area contributed by atoms with E-state index in [2.05, 4.69) is 138 Å². The highest BCUT2D eigenvalue weighted by Gasteiger charge is 2.15. The predicted octanol–water partition coefficient (Wildman–Crippen LogP) is 10.3. The Hall–Kier alpha value is -4.33. The lowest BCUT2D eigenvalue weighted by atomic mass is 10.00. The summed E-state index contributed by atoms with van der Waals surface area (Å²) in [5.41, 5.74) is 8.14. The van der Waals surface area contributed by atoms with Crippen molar-refractivity contribution >= 4 is 39.4 Å². The third-order valence-electron chi connectivity index (χ3n) is 6.54. The van der Waals surface area contributed by atoms with Crippen LogP contribution in [0.3, 0.4) is 0 Å². The van der Waals surface area contributed by atoms with Gasteiger partial charge in [-0.05, 0) is 70.1 Å². The van der Waals surface area contributed by atoms with Gasteiger partial charge in [-0.3, -0.25) is 0 Å². The second-order valence-electron chi connectivity index (χ2n) is 8.80. The maximum absolute atomic E-state index is 6.04. The molecule has 6 rings (SSSR count). The Morgan fingerprint density at radius 1 is 0.389 bits per heavy atom. The van der Waals surface area contributed by atoms with Crippen LogP contribution < -0.4 is 4.90 Å². The third-order valence-corrected chi connectivity index (χ3v) is 6.80. The molecule has 0 aliphatic heterocycles. The summed E-state index contributed by atoms with van der Waals surface area (Å²) in [6.45, 7) is 0. The van der Waals surface area contributed by atoms with E-state index in [9.17, 15) is 0 Å². The number of hydrogen-bond acceptors (Lipinski definition) is 1. The van der Waals surface area contributed by atoms with Gasteiger partial charge in [-0.2, -0.15) is 0 Å². The van der Waals surface area contributed by atoms with Gasteiger partial charge < -0.3 is 4.90 Å². The lowest BCUT2D eigenvalue weighted by Gasteiger charge is -2.27. The van der Waals surface area contributed by atoms with Crippen LogP contribution in [0, 0.1) is 0 Å². The monoisotopic (exact) mass is 481 g/mol. The van der Waals surface area contributed by atoms with Gasteiger partial charge in [0.2, 0.25) is 0 Å². The van der Waals surface area contributed by atoms with Crippen LogP contribution in [0.15, 0.2) is 146 Å². The van der Waals surface area contributed by atoms with Crippen molar-refractivity contribution in [3.63, 3.8) is 0 Å². The van der Waals surface area contributed by atoms with Gasteiger partial charge in [0.25, 0.3) is 0 Å². The standard InChI is InChI=1S/C34H24ClN/c35-30-21-17-27(18-22-30)25-13-15-26(16-14-25)28-19-23-32(24-20-28)36(31-9-2-1-3-10-31)34-12-6-8-29-7-4-5-11-33(29)34/h1-24H. The van der Waals surface area contributed by atoms with Crippen molar-refractivity contribution in [1.29, 1.82) is 0 Å². The number of nitrogens with zero attached hydrogens (tertiary/aromatic N) is 1. The molecule has 6 aromatic carbocycles. The van der Waals surface area contributed by atoms with E-state index in [0.29, 0.717) is 0 Å². The smallest absolute Gasteiger partial charge is 0.0540 e. The molecule has 0 aliphatic carbocycles. The summed E-state index contributed by atoms with van der Waals surface area (Å²) in [6.07, 6.45) is 0. The molecule has 0 saturated carbocycles. The van der Waals surface area contributed by atoms with E-state index in [-0.39, 0.29) is 0 Å². The molecule has 0 saturated heterocycles. The van der Waals surface area contributed by atoms with Crippen molar-refractivity contribution in [3.05, 3.63) is 151 Å². The first-order valence-corrected chi connectivity index (χ1v) is 12.4. The van der Waals surface area contributed by atoms with E-state index in [0.717, 1.165) is 22.0 Å². The van der Waals surface area contributed by atoms with Crippen LogP contribution in [0.1, 0.15) is 0 Å². The molecular weight excluding hydrogens is 458 g/mol. The molecule has 0 atom stereocenters. The zero-order valence-electron chi connectivity index (χ0n) is 19.7. The Morgan fingerprint density at radius 2 is 0.861 bits per heavy atom. The number of benzene rings is 6. The van der Waals surface area contributed by atoms with Gasteiger partial charge in [-0.25, -0.2) is 0 Å². The first-order valence-electron chi connectivity index (χ1n) is 12.1. The van der Waals surface area contributed by atoms with E-state index < -0.39 is 0 Å². The van der Waals surface area contributed by atoms with Gasteiger partial charge in [-0.1, -0.05) is 115 Å². The van der Waals surface area contributed by atoms with Crippen molar-refractivity contribution in [2.45, 2.75) is 0 Å². The maximum Gasteiger partial charge on any atom is 0.0540 e. The molecule has 172 valence electrons. The number of para-hydroxylation sites is 1. The Morgan fingerprint density at radius 3 is 1.50 bits per heavy atom. The number of fused-ring (bicyclic) bond motifs is 1. The first-order chi connectivity index (χ1) is 17.8. The molecule has 36 heavy (non-hydrogen) atoms. The fourth-order valence-electron chi connectivity index (χ4n) is 4.71. The Balaban J connectivity index is 1.36. The number of anilines is 3. The molecule has 0 radical (unpaired) electrons. The highest BCUT2D eigenvalue weighted by Crippen LogP contribution is 2.39. The Bertz CT molecular complexity index is 1600. The van der Waals surface area contributed by atoms with Gasteiger partial charge in [-0.15, -0.1) is 0 Å². The third kappa shape index (κ3) is 4.37. The fourth-order valence-corrected chi connectivity index (χ4v) is 4.83. The average molecular weight is 482 g/mol. The second-order valence-corrected chi connectivity index (χ2v) is 9.24. The SMILES string of the molecule is Clc1ccc(-c2ccc(-c3ccc(N(c4ccccc4)c4cccc5ccccc45)cc3)cc2)cc1. The van der Waals surface area contributed by atoms with Crippen molar-refractivity contribution in [3.8, 4) is 22.3 Å². The Labute approximate surface area is 216 Å². The quantitative estimate of drug-likeness (QED) is 0.236. The van der Waals surface area contributed by atoms with E-state index in [4.69, 9.17) is 11.6 Å². The summed E-state index contributed by atoms with van der Waals surface area (Å²) in [5, 5.41) is 3.21. The number of halogens is 1. The zero-order chi connectivity index (χ0) is 24.3. The summed E-state index contributed by atoms with van der Waals surface area (Å²) in [4.78, 5) is 2.33. The van der Waals surface area contributed by atoms with Crippen molar-refractivity contribution in [2.75, 3.05) is 4.90 Å². The van der Waals surface area contributed by atoms with Crippen molar-refractivity contribution < 1.29 is 0 Å². The van der Waals surface area contributed by atoms with E-state index in [1.807, 2.05) is 12.1 Å². The minimum atomic E-state index is 0.753. The van der Waals surface area contributed by atoms with Gasteiger partial charge in [0.15, 0.2) is 0 Å². The van der Waals surface area contributed by atoms with Crippen LogP contribution in [0.4, 0.5) is 17.1 Å². The minimum absolute atomic E-state index is 0.753. The van der Waals surface area contributed by atoms with Gasteiger partial charge in [0.05, 0.1) is 5.69 Å². The molecule has 0 heterocycles. The minimum Gasteiger partial charge on any atom is -0.310 e. The van der Waals surface area contributed by atoms with E-state index >= 15 is 0 Å². The predicted molar refractivity (Wildman–Crippen MR) is 155 cm³/mol. The zero-order valence-corrected chi connectivity index (χ0v) is 20.4. The lowest BCUT2D eigenvalue weighted by molar-refractivity contribution is 1.30. The van der Waals surface area contributed by atoms with E-state index in [1.54, 1.807) is 0 Å². The van der Waals surface area contributed by atoms with Crippen LogP contribution in [0.2, 0.25) is 5.02 Å². The molecule has 0 bridgehead atoms. The molecule has 0 N–H and O–H groups in total. The van der Waals surface area contributed by atoms with Crippen molar-refractivity contribution in [2.24, 2.45) is 0 Å². The summed E-state index contributed by atoms with van der Waals surface area (Å²) in [6, 6.07) is 51.1. The van der Waals surface area contributed by atoms with Crippen LogP contribution in [0.5, 0.6) is 0 Å². The molecule has 0 spiro atoms. The topological polar surface area (TPSA) is 3.24 Å². The van der Waals surface area contributed by atoms with Crippen LogP contribution in [-0.4, -0.2) is 0 Å². The normalized spacial score (nSPS) is 10.9. The summed E-state index contributed by atoms with van der Waals surface area (Å²) in [5.74, 6) is 0. The molecule has 0 amide bonds. The largest absolute Gasteiger partial charge is 0.310 e. The molecule has 1 nitrogen and oxygen atoms in total. The summed E-state index contributed by atoms with van der Waals surface area (Å²) in [7, 11) is 0. The van der Waals surface area contributed by atoms with E-state index in [1.165, 1.54) is 33.2 Å². The first kappa shape index (κ1) is 22.2. The van der Waals surface area contributed by atoms with Gasteiger partial charge >= 0.3 is 0 Å². The number of rotatable bonds is 5. The van der Waals surface area contributed by atoms with Crippen LogP contribution >= 0.6 is 11.6 Å². The number of hydrogen-bond donors (Lipinski definition) is 0. The molecule has 0 aliphatic rings. The molecule has 0 fully saturated rings. The molecular formula is C34H24ClN. The lowest BCUT2D eigenvalue weighted by Crippen LogP contribution is -2.10. The van der Waals surface area contributed by atoms with Gasteiger partial charge in [0, 0.05) is 21.8 Å². The second kappa shape index (κ2) is 9.73. The summed E-state index contributed by atoms with van der Waals surface area (Å²) >= 11 is 6.04. The maximum atomic E-state index is 6.04.